The average molecular weight is 588 g/mol. The summed E-state index contributed by atoms with van der Waals surface area (Å²) in [5, 5.41) is 0. The number of nitrogens with zero attached hydrogens (tertiary/aromatic N) is 2. The molecular formula is C41H25BN2O2. The van der Waals surface area contributed by atoms with E-state index in [0.717, 1.165) is 39.9 Å². The summed E-state index contributed by atoms with van der Waals surface area (Å²) in [6.07, 6.45) is 0.795. The molecule has 0 bridgehead atoms. The highest BCUT2D eigenvalue weighted by Crippen LogP contribution is 2.45. The van der Waals surface area contributed by atoms with E-state index in [4.69, 9.17) is 19.4 Å². The number of rotatable bonds is 3. The number of ether oxygens (including phenoxy) is 2. The Bertz CT molecular complexity index is 2280. The smallest absolute Gasteiger partial charge is 0.265 e. The molecule has 3 heterocycles. The summed E-state index contributed by atoms with van der Waals surface area (Å²) in [4.78, 5) is 10.2. The van der Waals surface area contributed by atoms with Crippen molar-refractivity contribution in [2.75, 3.05) is 0 Å². The van der Waals surface area contributed by atoms with Gasteiger partial charge in [0.1, 0.15) is 11.5 Å². The lowest BCUT2D eigenvalue weighted by Gasteiger charge is -2.31. The first-order valence-electron chi connectivity index (χ1n) is 15.7. The van der Waals surface area contributed by atoms with Crippen LogP contribution in [-0.2, 0) is 6.42 Å². The largest absolute Gasteiger partial charge is 0.440 e. The fourth-order valence-electron chi connectivity index (χ4n) is 7.45. The number of fused-ring (bicyclic) bond motifs is 7. The zero-order valence-corrected chi connectivity index (χ0v) is 24.8. The van der Waals surface area contributed by atoms with Crippen LogP contribution in [0.5, 0.6) is 23.3 Å². The Balaban J connectivity index is 1.07. The normalized spacial score (nSPS) is 13.0. The zero-order chi connectivity index (χ0) is 30.2. The minimum Gasteiger partial charge on any atom is -0.440 e. The Morgan fingerprint density at radius 3 is 1.59 bits per heavy atom. The van der Waals surface area contributed by atoms with Crippen LogP contribution in [0.15, 0.2) is 140 Å². The van der Waals surface area contributed by atoms with Gasteiger partial charge in [-0.25, -0.2) is 0 Å². The summed E-state index contributed by atoms with van der Waals surface area (Å²) in [5.41, 5.74) is 14.0. The molecule has 0 saturated carbocycles. The number of hydrogen-bond donors (Lipinski definition) is 0. The summed E-state index contributed by atoms with van der Waals surface area (Å²) in [6.45, 7) is -0.0458. The van der Waals surface area contributed by atoms with Gasteiger partial charge in [0.2, 0.25) is 11.8 Å². The van der Waals surface area contributed by atoms with E-state index in [1.807, 2.05) is 24.3 Å². The van der Waals surface area contributed by atoms with Crippen LogP contribution in [0.2, 0.25) is 0 Å². The molecule has 4 nitrogen and oxygen atoms in total. The second kappa shape index (κ2) is 9.78. The van der Waals surface area contributed by atoms with Crippen molar-refractivity contribution in [1.29, 1.82) is 0 Å². The van der Waals surface area contributed by atoms with Gasteiger partial charge in [-0.15, -0.1) is 0 Å². The van der Waals surface area contributed by atoms with Gasteiger partial charge in [0.05, 0.1) is 5.46 Å². The van der Waals surface area contributed by atoms with Crippen molar-refractivity contribution >= 4 is 23.1 Å². The van der Waals surface area contributed by atoms with Crippen LogP contribution in [0.4, 0.5) is 0 Å². The molecule has 3 aliphatic rings. The first-order valence-corrected chi connectivity index (χ1v) is 15.7. The molecule has 46 heavy (non-hydrogen) atoms. The van der Waals surface area contributed by atoms with E-state index in [0.29, 0.717) is 17.6 Å². The molecule has 0 amide bonds. The van der Waals surface area contributed by atoms with E-state index in [2.05, 4.69) is 115 Å². The van der Waals surface area contributed by atoms with Gasteiger partial charge in [-0.1, -0.05) is 127 Å². The molecule has 0 atom stereocenters. The standard InChI is InChI=1S/C41H25BN2O2/c1-2-10-25(11-3-1)26-20-22-27(23-21-26)28-12-8-13-29-30-14-9-15-31(33(30)24-32(28)29)39-43-40-38-41(44-39)46-37-19-7-5-17-35(37)42(38)34-16-4-6-18-36(34)45-40/h1-23H,24H2. The molecule has 5 heteroatoms. The van der Waals surface area contributed by atoms with Crippen molar-refractivity contribution in [3.63, 3.8) is 0 Å². The van der Waals surface area contributed by atoms with Gasteiger partial charge >= 0.3 is 0 Å². The molecule has 10 rings (SSSR count). The van der Waals surface area contributed by atoms with Crippen LogP contribution in [0.3, 0.4) is 0 Å². The zero-order valence-electron chi connectivity index (χ0n) is 24.8. The van der Waals surface area contributed by atoms with Crippen molar-refractivity contribution in [2.24, 2.45) is 0 Å². The van der Waals surface area contributed by atoms with Crippen molar-refractivity contribution in [1.82, 2.24) is 9.97 Å². The Labute approximate surface area is 267 Å². The lowest BCUT2D eigenvalue weighted by Crippen LogP contribution is -2.57. The third kappa shape index (κ3) is 3.75. The summed E-state index contributed by atoms with van der Waals surface area (Å²) < 4.78 is 12.9. The molecule has 0 N–H and O–H groups in total. The van der Waals surface area contributed by atoms with E-state index in [-0.39, 0.29) is 6.71 Å². The average Bonchev–Trinajstić information content (AvgIpc) is 3.51. The Morgan fingerprint density at radius 1 is 0.435 bits per heavy atom. The lowest BCUT2D eigenvalue weighted by atomic mass is 9.35. The molecule has 6 aromatic carbocycles. The number of benzene rings is 6. The first-order chi connectivity index (χ1) is 22.8. The highest BCUT2D eigenvalue weighted by Gasteiger charge is 2.42. The quantitative estimate of drug-likeness (QED) is 0.198. The summed E-state index contributed by atoms with van der Waals surface area (Å²) in [6, 6.07) is 48.9. The highest BCUT2D eigenvalue weighted by atomic mass is 16.5. The molecule has 0 unspecified atom stereocenters. The van der Waals surface area contributed by atoms with Gasteiger partial charge in [0, 0.05) is 12.0 Å². The predicted octanol–water partition coefficient (Wildman–Crippen LogP) is 7.78. The number of para-hydroxylation sites is 2. The van der Waals surface area contributed by atoms with Crippen molar-refractivity contribution < 1.29 is 9.47 Å². The fourth-order valence-corrected chi connectivity index (χ4v) is 7.45. The van der Waals surface area contributed by atoms with Gasteiger partial charge in [-0.2, -0.15) is 9.97 Å². The maximum atomic E-state index is 6.47. The monoisotopic (exact) mass is 588 g/mol. The van der Waals surface area contributed by atoms with Crippen LogP contribution in [0.25, 0.3) is 44.8 Å². The van der Waals surface area contributed by atoms with Gasteiger partial charge in [0.25, 0.3) is 6.71 Å². The molecule has 0 spiro atoms. The Kier molecular flexibility index (Phi) is 5.40. The molecule has 0 radical (unpaired) electrons. The van der Waals surface area contributed by atoms with Crippen LogP contribution >= 0.6 is 0 Å². The van der Waals surface area contributed by atoms with Crippen LogP contribution < -0.4 is 25.9 Å². The maximum Gasteiger partial charge on any atom is 0.265 e. The first kappa shape index (κ1) is 25.4. The molecule has 1 aromatic heterocycles. The topological polar surface area (TPSA) is 44.2 Å². The van der Waals surface area contributed by atoms with Crippen molar-refractivity contribution in [3.05, 3.63) is 151 Å². The minimum absolute atomic E-state index is 0.0458. The van der Waals surface area contributed by atoms with Gasteiger partial charge in [-0.05, 0) is 67.6 Å². The third-order valence-electron chi connectivity index (χ3n) is 9.58. The molecule has 0 saturated heterocycles. The summed E-state index contributed by atoms with van der Waals surface area (Å²) in [7, 11) is 0. The van der Waals surface area contributed by atoms with Crippen molar-refractivity contribution in [3.8, 4) is 68.0 Å². The summed E-state index contributed by atoms with van der Waals surface area (Å²) in [5.74, 6) is 3.38. The molecule has 2 aliphatic heterocycles. The van der Waals surface area contributed by atoms with Crippen LogP contribution in [-0.4, -0.2) is 16.7 Å². The van der Waals surface area contributed by atoms with E-state index in [9.17, 15) is 0 Å². The maximum absolute atomic E-state index is 6.47. The summed E-state index contributed by atoms with van der Waals surface area (Å²) >= 11 is 0. The fraction of sp³-hybridized carbons (Fsp3) is 0.0244. The molecule has 0 fully saturated rings. The van der Waals surface area contributed by atoms with Gasteiger partial charge < -0.3 is 9.47 Å². The van der Waals surface area contributed by atoms with Gasteiger partial charge in [0.15, 0.2) is 5.82 Å². The van der Waals surface area contributed by atoms with E-state index in [1.165, 1.54) is 44.5 Å². The lowest BCUT2D eigenvalue weighted by molar-refractivity contribution is 0.439. The van der Waals surface area contributed by atoms with E-state index >= 15 is 0 Å². The van der Waals surface area contributed by atoms with E-state index in [1.54, 1.807) is 0 Å². The van der Waals surface area contributed by atoms with Crippen molar-refractivity contribution in [2.45, 2.75) is 6.42 Å². The molecule has 1 aliphatic carbocycles. The molecular weight excluding hydrogens is 563 g/mol. The predicted molar refractivity (Wildman–Crippen MR) is 184 cm³/mol. The highest BCUT2D eigenvalue weighted by molar-refractivity contribution is 6.98. The molecule has 7 aromatic rings. The second-order valence-electron chi connectivity index (χ2n) is 12.1. The third-order valence-corrected chi connectivity index (χ3v) is 9.58. The number of aromatic nitrogens is 2. The second-order valence-corrected chi connectivity index (χ2v) is 12.1. The Hall–Kier alpha value is -5.94. The SMILES string of the molecule is c1ccc(-c2ccc(-c3cccc4c3Cc3c(-c5nc6c7c(n5)Oc5ccccc5B7c5ccccc5O6)cccc3-4)cc2)cc1. The number of hydrogen-bond acceptors (Lipinski definition) is 4. The van der Waals surface area contributed by atoms with Gasteiger partial charge in [-0.3, -0.25) is 0 Å². The molecule has 214 valence electrons. The minimum atomic E-state index is -0.0458. The Morgan fingerprint density at radius 2 is 0.935 bits per heavy atom. The van der Waals surface area contributed by atoms with Crippen LogP contribution in [0.1, 0.15) is 11.1 Å². The van der Waals surface area contributed by atoms with E-state index < -0.39 is 0 Å². The van der Waals surface area contributed by atoms with Crippen LogP contribution in [0, 0.1) is 0 Å².